The highest BCUT2D eigenvalue weighted by molar-refractivity contribution is 9.14. The van der Waals surface area contributed by atoms with Gasteiger partial charge < -0.3 is 9.47 Å². The highest BCUT2D eigenvalue weighted by atomic mass is 79.9. The predicted octanol–water partition coefficient (Wildman–Crippen LogP) is 10.6. The van der Waals surface area contributed by atoms with Crippen LogP contribution in [-0.2, 0) is 6.42 Å². The van der Waals surface area contributed by atoms with Crippen LogP contribution in [0.3, 0.4) is 0 Å². The van der Waals surface area contributed by atoms with Gasteiger partial charge in [-0.1, -0.05) is 51.5 Å². The minimum Gasteiger partial charge on any atom is -0.454 e. The lowest BCUT2D eigenvalue weighted by Gasteiger charge is -2.20. The van der Waals surface area contributed by atoms with Crippen molar-refractivity contribution in [1.29, 1.82) is 0 Å². The summed E-state index contributed by atoms with van der Waals surface area (Å²) in [6.45, 7) is 4.14. The Balaban J connectivity index is 1.91. The number of hydrogen-bond donors (Lipinski definition) is 0. The van der Waals surface area contributed by atoms with Gasteiger partial charge in [0, 0.05) is 20.3 Å². The third-order valence-corrected chi connectivity index (χ3v) is 10.3. The predicted molar refractivity (Wildman–Crippen MR) is 144 cm³/mol. The quantitative estimate of drug-likeness (QED) is 0.123. The molecule has 166 valence electrons. The smallest absolute Gasteiger partial charge is 0.238 e. The molecule has 0 aliphatic heterocycles. The summed E-state index contributed by atoms with van der Waals surface area (Å²) >= 11 is 18.0. The molecule has 2 aromatic carbocycles. The molecular weight excluding hydrogens is 708 g/mol. The molecule has 0 amide bonds. The molecule has 0 radical (unpaired) electrons. The number of hydrogen-bond acceptors (Lipinski definition) is 2. The standard InChI is InChI=1S/C23H27Br5O2/c1-3-4-5-6-7-8-9-10-16-11-13-18(22(27)20(16)25)29-15(2)30-19-14-12-17(24)21(26)23(19)28/h11-15H,3-10H2,1-2H3. The molecule has 1 atom stereocenters. The van der Waals surface area contributed by atoms with E-state index in [0.29, 0.717) is 5.75 Å². The van der Waals surface area contributed by atoms with Crippen LogP contribution in [0.25, 0.3) is 0 Å². The molecular formula is C23H27Br5O2. The second-order valence-corrected chi connectivity index (χ2v) is 11.2. The summed E-state index contributed by atoms with van der Waals surface area (Å²) in [5.41, 5.74) is 1.30. The van der Waals surface area contributed by atoms with E-state index >= 15 is 0 Å². The Bertz CT molecular complexity index is 826. The van der Waals surface area contributed by atoms with Crippen molar-refractivity contribution in [3.63, 3.8) is 0 Å². The maximum Gasteiger partial charge on any atom is 0.238 e. The van der Waals surface area contributed by atoms with Crippen LogP contribution in [0.5, 0.6) is 11.5 Å². The Kier molecular flexibility index (Phi) is 12.3. The van der Waals surface area contributed by atoms with Crippen LogP contribution in [0.15, 0.2) is 46.6 Å². The van der Waals surface area contributed by atoms with Gasteiger partial charge in [0.15, 0.2) is 0 Å². The molecule has 0 N–H and O–H groups in total. The topological polar surface area (TPSA) is 18.5 Å². The maximum atomic E-state index is 6.04. The zero-order chi connectivity index (χ0) is 22.1. The summed E-state index contributed by atoms with van der Waals surface area (Å²) < 4.78 is 16.7. The number of ether oxygens (including phenoxy) is 2. The summed E-state index contributed by atoms with van der Waals surface area (Å²) in [7, 11) is 0. The van der Waals surface area contributed by atoms with E-state index in [0.717, 1.165) is 34.5 Å². The van der Waals surface area contributed by atoms with Crippen LogP contribution in [-0.4, -0.2) is 6.29 Å². The molecule has 0 saturated carbocycles. The number of aryl methyl sites for hydroxylation is 1. The van der Waals surface area contributed by atoms with Crippen molar-refractivity contribution >= 4 is 79.6 Å². The van der Waals surface area contributed by atoms with Crippen molar-refractivity contribution in [2.45, 2.75) is 71.5 Å². The van der Waals surface area contributed by atoms with E-state index in [2.05, 4.69) is 92.6 Å². The van der Waals surface area contributed by atoms with Crippen LogP contribution in [0.4, 0.5) is 0 Å². The molecule has 2 nitrogen and oxygen atoms in total. The summed E-state index contributed by atoms with van der Waals surface area (Å²) in [6, 6.07) is 7.98. The first kappa shape index (κ1) is 26.7. The SMILES string of the molecule is CCCCCCCCCc1ccc(OC(C)Oc2ccc(Br)c(Br)c2Br)c(Br)c1Br. The summed E-state index contributed by atoms with van der Waals surface area (Å²) in [5.74, 6) is 1.47. The van der Waals surface area contributed by atoms with Crippen molar-refractivity contribution in [3.05, 3.63) is 52.2 Å². The van der Waals surface area contributed by atoms with Gasteiger partial charge in [-0.15, -0.1) is 0 Å². The van der Waals surface area contributed by atoms with Gasteiger partial charge in [0.25, 0.3) is 0 Å². The number of halogens is 5. The van der Waals surface area contributed by atoms with Crippen LogP contribution in [0.2, 0.25) is 0 Å². The Labute approximate surface area is 222 Å². The lowest BCUT2D eigenvalue weighted by atomic mass is 10.0. The minimum atomic E-state index is -0.452. The lowest BCUT2D eigenvalue weighted by Crippen LogP contribution is -2.20. The molecule has 1 unspecified atom stereocenters. The van der Waals surface area contributed by atoms with Gasteiger partial charge in [0.1, 0.15) is 11.5 Å². The van der Waals surface area contributed by atoms with E-state index in [-0.39, 0.29) is 0 Å². The van der Waals surface area contributed by atoms with Gasteiger partial charge in [0.2, 0.25) is 6.29 Å². The molecule has 0 aliphatic carbocycles. The zero-order valence-corrected chi connectivity index (χ0v) is 25.2. The van der Waals surface area contributed by atoms with E-state index in [1.165, 1.54) is 50.5 Å². The molecule has 2 aromatic rings. The fraction of sp³-hybridized carbons (Fsp3) is 0.478. The van der Waals surface area contributed by atoms with Gasteiger partial charge in [-0.05, 0) is 116 Å². The third-order valence-electron chi connectivity index (χ3n) is 4.76. The Hall–Kier alpha value is 0.440. The van der Waals surface area contributed by atoms with E-state index in [1.807, 2.05) is 25.1 Å². The van der Waals surface area contributed by atoms with Crippen LogP contribution < -0.4 is 9.47 Å². The van der Waals surface area contributed by atoms with Gasteiger partial charge in [0.05, 0.1) is 8.95 Å². The summed E-state index contributed by atoms with van der Waals surface area (Å²) in [6.07, 6.45) is 9.83. The largest absolute Gasteiger partial charge is 0.454 e. The Morgan fingerprint density at radius 1 is 0.667 bits per heavy atom. The minimum absolute atomic E-state index is 0.452. The molecule has 0 aliphatic rings. The first-order chi connectivity index (χ1) is 14.3. The normalized spacial score (nSPS) is 12.1. The van der Waals surface area contributed by atoms with E-state index in [1.54, 1.807) is 0 Å². The van der Waals surface area contributed by atoms with E-state index < -0.39 is 6.29 Å². The van der Waals surface area contributed by atoms with Crippen molar-refractivity contribution in [2.75, 3.05) is 0 Å². The molecule has 0 fully saturated rings. The second-order valence-electron chi connectivity index (χ2n) is 7.20. The summed E-state index contributed by atoms with van der Waals surface area (Å²) in [5, 5.41) is 0. The van der Waals surface area contributed by atoms with Gasteiger partial charge in [-0.2, -0.15) is 0 Å². The third kappa shape index (κ3) is 8.09. The Morgan fingerprint density at radius 3 is 1.83 bits per heavy atom. The molecule has 0 spiro atoms. The average molecular weight is 735 g/mol. The molecule has 0 bridgehead atoms. The summed E-state index contributed by atoms with van der Waals surface area (Å²) in [4.78, 5) is 0. The van der Waals surface area contributed by atoms with Crippen molar-refractivity contribution in [1.82, 2.24) is 0 Å². The molecule has 2 rings (SSSR count). The van der Waals surface area contributed by atoms with Gasteiger partial charge in [-0.3, -0.25) is 0 Å². The highest BCUT2D eigenvalue weighted by Crippen LogP contribution is 2.39. The fourth-order valence-electron chi connectivity index (χ4n) is 3.11. The second kappa shape index (κ2) is 13.9. The molecule has 7 heteroatoms. The molecule has 0 heterocycles. The zero-order valence-electron chi connectivity index (χ0n) is 17.2. The highest BCUT2D eigenvalue weighted by Gasteiger charge is 2.16. The first-order valence-corrected chi connectivity index (χ1v) is 14.2. The average Bonchev–Trinajstić information content (AvgIpc) is 2.72. The van der Waals surface area contributed by atoms with Crippen molar-refractivity contribution in [2.24, 2.45) is 0 Å². The number of benzene rings is 2. The number of rotatable bonds is 12. The van der Waals surface area contributed by atoms with Gasteiger partial charge >= 0.3 is 0 Å². The fourth-order valence-corrected chi connectivity index (χ4v) is 5.48. The van der Waals surface area contributed by atoms with Crippen molar-refractivity contribution in [3.8, 4) is 11.5 Å². The first-order valence-electron chi connectivity index (χ1n) is 10.3. The van der Waals surface area contributed by atoms with Gasteiger partial charge in [-0.25, -0.2) is 0 Å². The molecule has 30 heavy (non-hydrogen) atoms. The number of unbranched alkanes of at least 4 members (excludes halogenated alkanes) is 6. The molecule has 0 saturated heterocycles. The Morgan fingerprint density at radius 2 is 1.20 bits per heavy atom. The van der Waals surface area contributed by atoms with E-state index in [4.69, 9.17) is 9.47 Å². The van der Waals surface area contributed by atoms with Crippen LogP contribution in [0, 0.1) is 0 Å². The van der Waals surface area contributed by atoms with Crippen molar-refractivity contribution < 1.29 is 9.47 Å². The van der Waals surface area contributed by atoms with Crippen LogP contribution in [0.1, 0.15) is 64.4 Å². The maximum absolute atomic E-state index is 6.04. The van der Waals surface area contributed by atoms with Crippen LogP contribution >= 0.6 is 79.6 Å². The van der Waals surface area contributed by atoms with E-state index in [9.17, 15) is 0 Å². The molecule has 0 aromatic heterocycles. The monoisotopic (exact) mass is 730 g/mol. The lowest BCUT2D eigenvalue weighted by molar-refractivity contribution is 0.0209.